The van der Waals surface area contributed by atoms with Crippen LogP contribution in [-0.4, -0.2) is 7.05 Å². The van der Waals surface area contributed by atoms with Gasteiger partial charge in [0.25, 0.3) is 0 Å². The van der Waals surface area contributed by atoms with Gasteiger partial charge < -0.3 is 4.90 Å². The molecule has 1 aliphatic rings. The molecule has 0 atom stereocenters. The molecule has 0 spiro atoms. The number of fused-ring (bicyclic) bond motifs is 2. The number of para-hydroxylation sites is 1. The first-order valence-corrected chi connectivity index (χ1v) is 6.22. The van der Waals surface area contributed by atoms with Gasteiger partial charge in [-0.1, -0.05) is 29.8 Å². The van der Waals surface area contributed by atoms with E-state index in [0.29, 0.717) is 0 Å². The highest BCUT2D eigenvalue weighted by Crippen LogP contribution is 2.47. The van der Waals surface area contributed by atoms with Gasteiger partial charge >= 0.3 is 0 Å². The summed E-state index contributed by atoms with van der Waals surface area (Å²) in [5, 5.41) is 0. The zero-order valence-electron chi connectivity index (χ0n) is 9.47. The standard InChI is InChI=1S/C15H11NS/c1-3-11-8-9-13-15(10-11)17-14-7-5-4-6-12(14)16(13)2/h1,4-10H,2H3. The molecule has 0 aromatic heterocycles. The molecule has 0 aliphatic carbocycles. The lowest BCUT2D eigenvalue weighted by molar-refractivity contribution is 1.11. The van der Waals surface area contributed by atoms with Crippen LogP contribution in [0, 0.1) is 12.3 Å². The molecule has 1 heterocycles. The fourth-order valence-corrected chi connectivity index (χ4v) is 3.22. The average Bonchev–Trinajstić information content (AvgIpc) is 2.38. The van der Waals surface area contributed by atoms with Crippen LogP contribution >= 0.6 is 11.8 Å². The van der Waals surface area contributed by atoms with E-state index in [1.807, 2.05) is 6.07 Å². The number of hydrogen-bond acceptors (Lipinski definition) is 2. The number of rotatable bonds is 0. The zero-order valence-corrected chi connectivity index (χ0v) is 10.3. The Morgan fingerprint density at radius 1 is 1.06 bits per heavy atom. The van der Waals surface area contributed by atoms with E-state index in [1.165, 1.54) is 21.2 Å². The third-order valence-corrected chi connectivity index (χ3v) is 4.05. The Kier molecular flexibility index (Phi) is 2.35. The van der Waals surface area contributed by atoms with Gasteiger partial charge in [-0.05, 0) is 30.3 Å². The first-order valence-electron chi connectivity index (χ1n) is 5.41. The van der Waals surface area contributed by atoms with Gasteiger partial charge in [0.05, 0.1) is 11.4 Å². The molecular weight excluding hydrogens is 226 g/mol. The van der Waals surface area contributed by atoms with E-state index in [4.69, 9.17) is 6.42 Å². The summed E-state index contributed by atoms with van der Waals surface area (Å²) in [4.78, 5) is 4.71. The largest absolute Gasteiger partial charge is 0.343 e. The van der Waals surface area contributed by atoms with E-state index in [0.717, 1.165) is 5.56 Å². The number of terminal acetylenes is 1. The second kappa shape index (κ2) is 3.87. The molecule has 17 heavy (non-hydrogen) atoms. The first-order chi connectivity index (χ1) is 8.29. The zero-order chi connectivity index (χ0) is 11.8. The van der Waals surface area contributed by atoms with E-state index in [-0.39, 0.29) is 0 Å². The molecule has 2 aromatic rings. The Hall–Kier alpha value is -1.85. The van der Waals surface area contributed by atoms with E-state index < -0.39 is 0 Å². The van der Waals surface area contributed by atoms with Crippen molar-refractivity contribution in [1.29, 1.82) is 0 Å². The predicted octanol–water partition coefficient (Wildman–Crippen LogP) is 3.90. The third-order valence-electron chi connectivity index (χ3n) is 2.93. The van der Waals surface area contributed by atoms with Crippen LogP contribution in [0.4, 0.5) is 11.4 Å². The summed E-state index contributed by atoms with van der Waals surface area (Å²) in [5.41, 5.74) is 3.40. The smallest absolute Gasteiger partial charge is 0.0551 e. The van der Waals surface area contributed by atoms with Crippen molar-refractivity contribution < 1.29 is 0 Å². The summed E-state index contributed by atoms with van der Waals surface area (Å²) >= 11 is 1.78. The van der Waals surface area contributed by atoms with Crippen LogP contribution in [-0.2, 0) is 0 Å². The molecule has 1 nitrogen and oxygen atoms in total. The second-order valence-corrected chi connectivity index (χ2v) is 5.04. The number of anilines is 2. The van der Waals surface area contributed by atoms with Gasteiger partial charge in [-0.25, -0.2) is 0 Å². The number of hydrogen-bond donors (Lipinski definition) is 0. The Labute approximate surface area is 105 Å². The van der Waals surface area contributed by atoms with Crippen molar-refractivity contribution in [2.24, 2.45) is 0 Å². The summed E-state index contributed by atoms with van der Waals surface area (Å²) in [6, 6.07) is 14.6. The minimum atomic E-state index is 0.934. The maximum absolute atomic E-state index is 5.44. The highest BCUT2D eigenvalue weighted by Gasteiger charge is 2.19. The molecule has 1 aliphatic heterocycles. The average molecular weight is 237 g/mol. The van der Waals surface area contributed by atoms with E-state index in [1.54, 1.807) is 11.8 Å². The Bertz CT molecular complexity index is 625. The lowest BCUT2D eigenvalue weighted by Crippen LogP contribution is -2.14. The van der Waals surface area contributed by atoms with Crippen LogP contribution in [0.15, 0.2) is 52.3 Å². The van der Waals surface area contributed by atoms with Crippen molar-refractivity contribution in [1.82, 2.24) is 0 Å². The lowest BCUT2D eigenvalue weighted by Gasteiger charge is -2.29. The topological polar surface area (TPSA) is 3.24 Å². The summed E-state index contributed by atoms with van der Waals surface area (Å²) < 4.78 is 0. The van der Waals surface area contributed by atoms with Gasteiger partial charge in [0.1, 0.15) is 0 Å². The molecule has 2 heteroatoms. The molecule has 0 radical (unpaired) electrons. The number of nitrogens with zero attached hydrogens (tertiary/aromatic N) is 1. The Balaban J connectivity index is 2.17. The molecule has 0 amide bonds. The molecule has 0 saturated carbocycles. The highest BCUT2D eigenvalue weighted by atomic mass is 32.2. The first kappa shape index (κ1) is 10.3. The molecule has 0 N–H and O–H groups in total. The fourth-order valence-electron chi connectivity index (χ4n) is 2.03. The summed E-state index contributed by atoms with van der Waals surface area (Å²) in [6.45, 7) is 0. The van der Waals surface area contributed by atoms with Crippen LogP contribution in [0.5, 0.6) is 0 Å². The van der Waals surface area contributed by atoms with Crippen molar-refractivity contribution in [3.8, 4) is 12.3 Å². The van der Waals surface area contributed by atoms with Gasteiger partial charge in [0, 0.05) is 22.4 Å². The Morgan fingerprint density at radius 3 is 2.65 bits per heavy atom. The molecule has 0 saturated heterocycles. The monoisotopic (exact) mass is 237 g/mol. The molecular formula is C15H11NS. The molecule has 2 aromatic carbocycles. The SMILES string of the molecule is C#Cc1ccc2c(c1)Sc1ccccc1N2C. The van der Waals surface area contributed by atoms with Crippen LogP contribution < -0.4 is 4.90 Å². The van der Waals surface area contributed by atoms with E-state index in [2.05, 4.69) is 54.3 Å². The normalized spacial score (nSPS) is 12.6. The van der Waals surface area contributed by atoms with Crippen molar-refractivity contribution in [2.45, 2.75) is 9.79 Å². The minimum Gasteiger partial charge on any atom is -0.343 e. The predicted molar refractivity (Wildman–Crippen MR) is 73.0 cm³/mol. The molecule has 0 unspecified atom stereocenters. The fraction of sp³-hybridized carbons (Fsp3) is 0.0667. The Morgan fingerprint density at radius 2 is 1.82 bits per heavy atom. The van der Waals surface area contributed by atoms with Crippen molar-refractivity contribution in [2.75, 3.05) is 11.9 Å². The molecule has 0 bridgehead atoms. The highest BCUT2D eigenvalue weighted by molar-refractivity contribution is 7.99. The summed E-state index contributed by atoms with van der Waals surface area (Å²) in [7, 11) is 2.09. The maximum Gasteiger partial charge on any atom is 0.0551 e. The summed E-state index contributed by atoms with van der Waals surface area (Å²) in [5.74, 6) is 2.68. The number of benzene rings is 2. The van der Waals surface area contributed by atoms with Gasteiger partial charge in [-0.2, -0.15) is 0 Å². The lowest BCUT2D eigenvalue weighted by atomic mass is 10.2. The van der Waals surface area contributed by atoms with Crippen molar-refractivity contribution >= 4 is 23.1 Å². The third kappa shape index (κ3) is 1.60. The second-order valence-electron chi connectivity index (χ2n) is 3.96. The minimum absolute atomic E-state index is 0.934. The molecule has 3 rings (SSSR count). The van der Waals surface area contributed by atoms with E-state index in [9.17, 15) is 0 Å². The van der Waals surface area contributed by atoms with Gasteiger partial charge in [-0.15, -0.1) is 6.42 Å². The van der Waals surface area contributed by atoms with Crippen molar-refractivity contribution in [3.63, 3.8) is 0 Å². The maximum atomic E-state index is 5.44. The van der Waals surface area contributed by atoms with Gasteiger partial charge in [-0.3, -0.25) is 0 Å². The van der Waals surface area contributed by atoms with Crippen molar-refractivity contribution in [3.05, 3.63) is 48.0 Å². The van der Waals surface area contributed by atoms with E-state index >= 15 is 0 Å². The van der Waals surface area contributed by atoms with Gasteiger partial charge in [0.2, 0.25) is 0 Å². The van der Waals surface area contributed by atoms with Crippen LogP contribution in [0.3, 0.4) is 0 Å². The van der Waals surface area contributed by atoms with Crippen LogP contribution in [0.25, 0.3) is 0 Å². The molecule has 82 valence electrons. The van der Waals surface area contributed by atoms with Gasteiger partial charge in [0.15, 0.2) is 0 Å². The summed E-state index contributed by atoms with van der Waals surface area (Å²) in [6.07, 6.45) is 5.44. The van der Waals surface area contributed by atoms with Crippen LogP contribution in [0.2, 0.25) is 0 Å². The quantitative estimate of drug-likeness (QED) is 0.639. The molecule has 0 fully saturated rings. The van der Waals surface area contributed by atoms with Crippen LogP contribution in [0.1, 0.15) is 5.56 Å².